The van der Waals surface area contributed by atoms with Crippen molar-refractivity contribution in [2.45, 2.75) is 200 Å². The van der Waals surface area contributed by atoms with Crippen molar-refractivity contribution < 1.29 is 18.7 Å². The first-order chi connectivity index (χ1) is 24.1. The minimum atomic E-state index is -2.17. The number of carbonyl (C=O) groups excluding carboxylic acids is 1. The second-order valence-corrected chi connectivity index (χ2v) is 21.2. The molecule has 2 aromatic rings. The van der Waals surface area contributed by atoms with Crippen LogP contribution in [0.1, 0.15) is 169 Å². The van der Waals surface area contributed by atoms with Crippen LogP contribution in [0.5, 0.6) is 0 Å². The molecule has 0 amide bonds. The second kappa shape index (κ2) is 25.9. The molecule has 0 radical (unpaired) electrons. The molecule has 5 heteroatoms. The van der Waals surface area contributed by atoms with Crippen LogP contribution >= 0.6 is 0 Å². The summed E-state index contributed by atoms with van der Waals surface area (Å²) in [4.78, 5) is 14.1. The predicted octanol–water partition coefficient (Wildman–Crippen LogP) is 13.8. The van der Waals surface area contributed by atoms with E-state index in [2.05, 4.69) is 79.7 Å². The Morgan fingerprint density at radius 2 is 1.02 bits per heavy atom. The molecule has 0 N–H and O–H groups in total. The molecule has 3 atom stereocenters. The van der Waals surface area contributed by atoms with Crippen LogP contribution in [-0.4, -0.2) is 26.5 Å². The maximum Gasteiger partial charge on any atom is 0.311 e. The molecule has 0 aliphatic carbocycles. The summed E-state index contributed by atoms with van der Waals surface area (Å²) in [5.41, 5.74) is 3.64. The zero-order valence-electron chi connectivity index (χ0n) is 33.6. The van der Waals surface area contributed by atoms with E-state index in [1.54, 1.807) is 0 Å². The van der Waals surface area contributed by atoms with Gasteiger partial charge in [0.1, 0.15) is 6.61 Å². The van der Waals surface area contributed by atoms with Gasteiger partial charge in [-0.2, -0.15) is 0 Å². The van der Waals surface area contributed by atoms with E-state index in [-0.39, 0.29) is 24.1 Å². The molecule has 2 rings (SSSR count). The Morgan fingerprint density at radius 3 is 1.52 bits per heavy atom. The van der Waals surface area contributed by atoms with E-state index in [1.165, 1.54) is 57.8 Å². The Bertz CT molecular complexity index is 1080. The minimum Gasteiger partial charge on any atom is -0.461 e. The van der Waals surface area contributed by atoms with Gasteiger partial charge in [-0.25, -0.2) is 0 Å². The van der Waals surface area contributed by atoms with Crippen molar-refractivity contribution in [2.75, 3.05) is 0 Å². The summed E-state index contributed by atoms with van der Waals surface area (Å²) in [6, 6.07) is 20.4. The number of carbonyl (C=O) groups is 1. The van der Waals surface area contributed by atoms with Gasteiger partial charge in [0.05, 0.1) is 18.6 Å². The summed E-state index contributed by atoms with van der Waals surface area (Å²) >= 11 is 0. The molecule has 0 heterocycles. The molecule has 0 unspecified atom stereocenters. The van der Waals surface area contributed by atoms with Crippen LogP contribution in [0.4, 0.5) is 0 Å². The Hall–Kier alpha value is -1.95. The molecule has 0 spiro atoms. The van der Waals surface area contributed by atoms with Gasteiger partial charge in [0.15, 0.2) is 0 Å². The molecule has 0 aliphatic heterocycles. The van der Waals surface area contributed by atoms with Gasteiger partial charge in [-0.15, -0.1) is 0 Å². The molecule has 4 nitrogen and oxygen atoms in total. The Morgan fingerprint density at radius 1 is 0.580 bits per heavy atom. The molecular formula is C45H76O4Si. The quantitative estimate of drug-likeness (QED) is 0.0479. The van der Waals surface area contributed by atoms with Crippen molar-refractivity contribution in [1.82, 2.24) is 0 Å². The highest BCUT2D eigenvalue weighted by molar-refractivity contribution is 6.77. The van der Waals surface area contributed by atoms with Crippen molar-refractivity contribution in [3.63, 3.8) is 0 Å². The van der Waals surface area contributed by atoms with Gasteiger partial charge in [0.2, 0.25) is 8.32 Å². The van der Waals surface area contributed by atoms with Crippen LogP contribution in [0.15, 0.2) is 60.7 Å². The van der Waals surface area contributed by atoms with E-state index < -0.39 is 8.32 Å². The average molecular weight is 709 g/mol. The summed E-state index contributed by atoms with van der Waals surface area (Å²) in [6.45, 7) is 19.6. The average Bonchev–Trinajstić information content (AvgIpc) is 3.10. The number of hydrogen-bond acceptors (Lipinski definition) is 4. The molecule has 0 saturated carbocycles. The highest BCUT2D eigenvalue weighted by Gasteiger charge is 2.47. The lowest BCUT2D eigenvalue weighted by molar-refractivity contribution is -0.158. The SMILES string of the molecule is CCCCCCCCCCC[C@@H](C[C@H](OCc1ccccc1)[C@H](CCCCCC)C(=O)OCc1ccccc1)O[Si](C(C)C)(C(C)C)C(C)C. The van der Waals surface area contributed by atoms with Gasteiger partial charge in [0, 0.05) is 6.10 Å². The standard InChI is InChI=1S/C45H76O4Si/c1-9-11-13-15-16-17-18-19-26-32-42(49-50(37(3)4,38(5)6)39(7)8)34-44(47-35-40-28-22-20-23-29-40)43(33-27-14-12-10-2)45(46)48-36-41-30-24-21-25-31-41/h20-25,28-31,37-39,42-44H,9-19,26-27,32-36H2,1-8H3/t42-,43-,44-/m0/s1. The fourth-order valence-electron chi connectivity index (χ4n) is 8.07. The van der Waals surface area contributed by atoms with Crippen molar-refractivity contribution >= 4 is 14.3 Å². The first-order valence-electron chi connectivity index (χ1n) is 20.7. The minimum absolute atomic E-state index is 0.0549. The maximum absolute atomic E-state index is 14.1. The van der Waals surface area contributed by atoms with Crippen molar-refractivity contribution in [1.29, 1.82) is 0 Å². The smallest absolute Gasteiger partial charge is 0.311 e. The van der Waals surface area contributed by atoms with Gasteiger partial charge in [-0.1, -0.05) is 200 Å². The topological polar surface area (TPSA) is 44.8 Å². The molecule has 50 heavy (non-hydrogen) atoms. The van der Waals surface area contributed by atoms with E-state index in [0.717, 1.165) is 56.1 Å². The van der Waals surface area contributed by atoms with Crippen LogP contribution in [0.2, 0.25) is 16.6 Å². The van der Waals surface area contributed by atoms with E-state index in [4.69, 9.17) is 13.9 Å². The normalized spacial score (nSPS) is 14.0. The van der Waals surface area contributed by atoms with Crippen LogP contribution in [0.3, 0.4) is 0 Å². The van der Waals surface area contributed by atoms with Gasteiger partial charge in [0.25, 0.3) is 0 Å². The highest BCUT2D eigenvalue weighted by atomic mass is 28.4. The number of unbranched alkanes of at least 4 members (excludes halogenated alkanes) is 11. The van der Waals surface area contributed by atoms with Crippen LogP contribution in [0.25, 0.3) is 0 Å². The fourth-order valence-corrected chi connectivity index (χ4v) is 13.7. The third-order valence-electron chi connectivity index (χ3n) is 10.9. The lowest BCUT2D eigenvalue weighted by atomic mass is 9.90. The Labute approximate surface area is 310 Å². The molecule has 0 saturated heterocycles. The van der Waals surface area contributed by atoms with Crippen molar-refractivity contribution in [2.24, 2.45) is 5.92 Å². The van der Waals surface area contributed by atoms with E-state index in [0.29, 0.717) is 29.8 Å². The first kappa shape index (κ1) is 44.2. The summed E-state index contributed by atoms with van der Waals surface area (Å²) in [7, 11) is -2.17. The van der Waals surface area contributed by atoms with Gasteiger partial charge >= 0.3 is 5.97 Å². The van der Waals surface area contributed by atoms with Crippen LogP contribution < -0.4 is 0 Å². The zero-order chi connectivity index (χ0) is 36.6. The summed E-state index contributed by atoms with van der Waals surface area (Å²) < 4.78 is 20.5. The molecule has 0 fully saturated rings. The largest absolute Gasteiger partial charge is 0.461 e. The summed E-state index contributed by atoms with van der Waals surface area (Å²) in [5, 5.41) is 0. The van der Waals surface area contributed by atoms with E-state index in [1.807, 2.05) is 36.4 Å². The third kappa shape index (κ3) is 16.2. The highest BCUT2D eigenvalue weighted by Crippen LogP contribution is 2.44. The van der Waals surface area contributed by atoms with Gasteiger partial charge in [-0.3, -0.25) is 4.79 Å². The lowest BCUT2D eigenvalue weighted by Crippen LogP contribution is -2.51. The first-order valence-corrected chi connectivity index (χ1v) is 22.8. The van der Waals surface area contributed by atoms with Crippen LogP contribution in [0, 0.1) is 5.92 Å². The lowest BCUT2D eigenvalue weighted by Gasteiger charge is -2.45. The predicted molar refractivity (Wildman–Crippen MR) is 216 cm³/mol. The number of esters is 1. The molecule has 284 valence electrons. The summed E-state index contributed by atoms with van der Waals surface area (Å²) in [6.07, 6.45) is 18.5. The number of hydrogen-bond donors (Lipinski definition) is 0. The number of ether oxygens (including phenoxy) is 2. The Kier molecular flexibility index (Phi) is 22.9. The maximum atomic E-state index is 14.1. The fraction of sp³-hybridized carbons (Fsp3) is 0.711. The molecule has 0 aliphatic rings. The van der Waals surface area contributed by atoms with Gasteiger partial charge < -0.3 is 13.9 Å². The van der Waals surface area contributed by atoms with Crippen molar-refractivity contribution in [3.8, 4) is 0 Å². The van der Waals surface area contributed by atoms with E-state index in [9.17, 15) is 4.79 Å². The number of benzene rings is 2. The van der Waals surface area contributed by atoms with Crippen molar-refractivity contribution in [3.05, 3.63) is 71.8 Å². The molecular weight excluding hydrogens is 633 g/mol. The molecule has 0 bridgehead atoms. The second-order valence-electron chi connectivity index (χ2n) is 15.8. The molecule has 0 aromatic heterocycles. The zero-order valence-corrected chi connectivity index (χ0v) is 34.6. The summed E-state index contributed by atoms with van der Waals surface area (Å²) in [5.74, 6) is -0.466. The number of rotatable bonds is 29. The monoisotopic (exact) mass is 709 g/mol. The van der Waals surface area contributed by atoms with Gasteiger partial charge in [-0.05, 0) is 47.0 Å². The Balaban J connectivity index is 2.37. The van der Waals surface area contributed by atoms with Crippen LogP contribution in [-0.2, 0) is 31.9 Å². The molecule has 2 aromatic carbocycles. The van der Waals surface area contributed by atoms with E-state index >= 15 is 0 Å². The third-order valence-corrected chi connectivity index (χ3v) is 17.0.